The first-order valence-electron chi connectivity index (χ1n) is 6.35. The Balaban J connectivity index is 2.32. The fourth-order valence-electron chi connectivity index (χ4n) is 1.54. The van der Waals surface area contributed by atoms with Crippen molar-refractivity contribution in [2.75, 3.05) is 12.9 Å². The highest BCUT2D eigenvalue weighted by Crippen LogP contribution is 2.21. The monoisotopic (exact) mass is 297 g/mol. The Labute approximate surface area is 122 Å². The molecule has 110 valence electrons. The van der Waals surface area contributed by atoms with Gasteiger partial charge in [-0.1, -0.05) is 6.92 Å². The minimum absolute atomic E-state index is 0.236. The zero-order chi connectivity index (χ0) is 15.0. The predicted octanol–water partition coefficient (Wildman–Crippen LogP) is 2.16. The highest BCUT2D eigenvalue weighted by Gasteiger charge is 2.16. The summed E-state index contributed by atoms with van der Waals surface area (Å²) in [5, 5.41) is 11.3. The van der Waals surface area contributed by atoms with E-state index in [-0.39, 0.29) is 5.91 Å². The standard InChI is InChI=1S/C14H19NO4S/c1-3-12(14(17)18)15-13(16)8-9-20-11-6-4-10(19-2)5-7-11/h4-7,12H,3,8-9H2,1-2H3,(H,15,16)(H,17,18). The van der Waals surface area contributed by atoms with Gasteiger partial charge in [0.15, 0.2) is 0 Å². The van der Waals surface area contributed by atoms with Crippen LogP contribution in [0.25, 0.3) is 0 Å². The van der Waals surface area contributed by atoms with E-state index in [9.17, 15) is 9.59 Å². The van der Waals surface area contributed by atoms with E-state index in [0.717, 1.165) is 10.6 Å². The van der Waals surface area contributed by atoms with Crippen LogP contribution in [0.2, 0.25) is 0 Å². The topological polar surface area (TPSA) is 75.6 Å². The molecular formula is C14H19NO4S. The van der Waals surface area contributed by atoms with Crippen LogP contribution in [0.3, 0.4) is 0 Å². The molecular weight excluding hydrogens is 278 g/mol. The van der Waals surface area contributed by atoms with Crippen LogP contribution < -0.4 is 10.1 Å². The maximum atomic E-state index is 11.6. The number of thioether (sulfide) groups is 1. The number of carboxylic acid groups (broad SMARTS) is 1. The second-order valence-corrected chi connectivity index (χ2v) is 5.31. The second-order valence-electron chi connectivity index (χ2n) is 4.14. The Hall–Kier alpha value is -1.69. The van der Waals surface area contributed by atoms with Gasteiger partial charge in [-0.15, -0.1) is 11.8 Å². The minimum atomic E-state index is -0.997. The van der Waals surface area contributed by atoms with Crippen LogP contribution in [-0.4, -0.2) is 35.9 Å². The number of rotatable bonds is 8. The summed E-state index contributed by atoms with van der Waals surface area (Å²) in [6.45, 7) is 1.73. The first-order valence-corrected chi connectivity index (χ1v) is 7.34. The van der Waals surface area contributed by atoms with Crippen LogP contribution in [0, 0.1) is 0 Å². The molecule has 0 spiro atoms. The van der Waals surface area contributed by atoms with Gasteiger partial charge in [0.25, 0.3) is 0 Å². The number of aliphatic carboxylic acids is 1. The van der Waals surface area contributed by atoms with Gasteiger partial charge < -0.3 is 15.2 Å². The van der Waals surface area contributed by atoms with Gasteiger partial charge in [0, 0.05) is 17.1 Å². The van der Waals surface area contributed by atoms with E-state index >= 15 is 0 Å². The lowest BCUT2D eigenvalue weighted by atomic mass is 10.2. The molecule has 1 amide bonds. The number of carbonyl (C=O) groups is 2. The number of ether oxygens (including phenoxy) is 1. The van der Waals surface area contributed by atoms with E-state index in [1.54, 1.807) is 25.8 Å². The van der Waals surface area contributed by atoms with Crippen LogP contribution in [0.15, 0.2) is 29.2 Å². The van der Waals surface area contributed by atoms with Crippen molar-refractivity contribution in [2.45, 2.75) is 30.7 Å². The Morgan fingerprint density at radius 3 is 2.50 bits per heavy atom. The fourth-order valence-corrected chi connectivity index (χ4v) is 2.39. The third kappa shape index (κ3) is 5.52. The molecule has 1 atom stereocenters. The maximum absolute atomic E-state index is 11.6. The molecule has 0 aliphatic carbocycles. The summed E-state index contributed by atoms with van der Waals surface area (Å²) in [4.78, 5) is 23.4. The molecule has 1 rings (SSSR count). The summed E-state index contributed by atoms with van der Waals surface area (Å²) in [6, 6.07) is 6.77. The molecule has 1 aromatic rings. The van der Waals surface area contributed by atoms with Crippen molar-refractivity contribution < 1.29 is 19.4 Å². The lowest BCUT2D eigenvalue weighted by Crippen LogP contribution is -2.40. The van der Waals surface area contributed by atoms with Crippen molar-refractivity contribution in [3.8, 4) is 5.75 Å². The number of hydrogen-bond acceptors (Lipinski definition) is 4. The molecule has 0 saturated heterocycles. The van der Waals surface area contributed by atoms with Crippen molar-refractivity contribution in [1.82, 2.24) is 5.32 Å². The number of carbonyl (C=O) groups excluding carboxylic acids is 1. The van der Waals surface area contributed by atoms with Gasteiger partial charge in [0.1, 0.15) is 11.8 Å². The molecule has 5 nitrogen and oxygen atoms in total. The van der Waals surface area contributed by atoms with Gasteiger partial charge in [-0.25, -0.2) is 4.79 Å². The smallest absolute Gasteiger partial charge is 0.326 e. The van der Waals surface area contributed by atoms with E-state index in [4.69, 9.17) is 9.84 Å². The van der Waals surface area contributed by atoms with E-state index in [1.165, 1.54) is 0 Å². The average Bonchev–Trinajstić information content (AvgIpc) is 2.45. The molecule has 0 radical (unpaired) electrons. The van der Waals surface area contributed by atoms with E-state index in [1.807, 2.05) is 24.3 Å². The number of methoxy groups -OCH3 is 1. The molecule has 2 N–H and O–H groups in total. The van der Waals surface area contributed by atoms with Gasteiger partial charge in [0.05, 0.1) is 7.11 Å². The zero-order valence-corrected chi connectivity index (χ0v) is 12.4. The predicted molar refractivity (Wildman–Crippen MR) is 78.2 cm³/mol. The minimum Gasteiger partial charge on any atom is -0.497 e. The van der Waals surface area contributed by atoms with Gasteiger partial charge in [0.2, 0.25) is 5.91 Å². The average molecular weight is 297 g/mol. The summed E-state index contributed by atoms with van der Waals surface area (Å²) in [6.07, 6.45) is 0.674. The third-order valence-corrected chi connectivity index (χ3v) is 3.71. The molecule has 0 aliphatic rings. The fraction of sp³-hybridized carbons (Fsp3) is 0.429. The third-order valence-electron chi connectivity index (χ3n) is 2.70. The first kappa shape index (κ1) is 16.4. The van der Waals surface area contributed by atoms with Crippen molar-refractivity contribution >= 4 is 23.6 Å². The number of nitrogens with one attached hydrogen (secondary N) is 1. The highest BCUT2D eigenvalue weighted by molar-refractivity contribution is 7.99. The maximum Gasteiger partial charge on any atom is 0.326 e. The molecule has 6 heteroatoms. The summed E-state index contributed by atoms with van der Waals surface area (Å²) < 4.78 is 5.06. The van der Waals surface area contributed by atoms with Gasteiger partial charge in [-0.3, -0.25) is 4.79 Å². The second kappa shape index (κ2) is 8.47. The first-order chi connectivity index (χ1) is 9.56. The van der Waals surface area contributed by atoms with Gasteiger partial charge in [-0.2, -0.15) is 0 Å². The van der Waals surface area contributed by atoms with Crippen molar-refractivity contribution in [2.24, 2.45) is 0 Å². The molecule has 0 aliphatic heterocycles. The van der Waals surface area contributed by atoms with Crippen LogP contribution in [0.5, 0.6) is 5.75 Å². The molecule has 1 aromatic carbocycles. The number of carboxylic acids is 1. The Morgan fingerprint density at radius 2 is 2.00 bits per heavy atom. The van der Waals surface area contributed by atoms with E-state index < -0.39 is 12.0 Å². The lowest BCUT2D eigenvalue weighted by Gasteiger charge is -2.11. The highest BCUT2D eigenvalue weighted by atomic mass is 32.2. The summed E-state index contributed by atoms with van der Waals surface area (Å²) >= 11 is 1.55. The Kier molecular flexibility index (Phi) is 6.93. The number of benzene rings is 1. The summed E-state index contributed by atoms with van der Waals surface area (Å²) in [5.41, 5.74) is 0. The largest absolute Gasteiger partial charge is 0.497 e. The number of amides is 1. The van der Waals surface area contributed by atoms with Gasteiger partial charge >= 0.3 is 5.97 Å². The Bertz CT molecular complexity index is 447. The molecule has 20 heavy (non-hydrogen) atoms. The molecule has 0 heterocycles. The number of hydrogen-bond donors (Lipinski definition) is 2. The van der Waals surface area contributed by atoms with Crippen LogP contribution >= 0.6 is 11.8 Å². The zero-order valence-electron chi connectivity index (χ0n) is 11.6. The van der Waals surface area contributed by atoms with Crippen molar-refractivity contribution in [3.05, 3.63) is 24.3 Å². The molecule has 0 bridgehead atoms. The van der Waals surface area contributed by atoms with E-state index in [2.05, 4.69) is 5.32 Å². The molecule has 0 saturated carbocycles. The van der Waals surface area contributed by atoms with Crippen molar-refractivity contribution in [1.29, 1.82) is 0 Å². The van der Waals surface area contributed by atoms with Crippen LogP contribution in [0.4, 0.5) is 0 Å². The SMILES string of the molecule is CCC(NC(=O)CCSc1ccc(OC)cc1)C(=O)O. The van der Waals surface area contributed by atoms with Gasteiger partial charge in [-0.05, 0) is 30.7 Å². The van der Waals surface area contributed by atoms with Crippen LogP contribution in [-0.2, 0) is 9.59 Å². The molecule has 0 aromatic heterocycles. The summed E-state index contributed by atoms with van der Waals surface area (Å²) in [5.74, 6) is 0.164. The molecule has 1 unspecified atom stereocenters. The normalized spacial score (nSPS) is 11.7. The van der Waals surface area contributed by atoms with Crippen LogP contribution in [0.1, 0.15) is 19.8 Å². The lowest BCUT2D eigenvalue weighted by molar-refractivity contribution is -0.141. The molecule has 0 fully saturated rings. The summed E-state index contributed by atoms with van der Waals surface area (Å²) in [7, 11) is 1.61. The quantitative estimate of drug-likeness (QED) is 0.719. The van der Waals surface area contributed by atoms with Crippen molar-refractivity contribution in [3.63, 3.8) is 0 Å². The Morgan fingerprint density at radius 1 is 1.35 bits per heavy atom. The van der Waals surface area contributed by atoms with E-state index in [0.29, 0.717) is 18.6 Å².